The minimum Gasteiger partial charge on any atom is -0.340 e. The van der Waals surface area contributed by atoms with E-state index in [1.54, 1.807) is 11.3 Å². The summed E-state index contributed by atoms with van der Waals surface area (Å²) in [5.41, 5.74) is 1.05. The minimum atomic E-state index is 0.770. The van der Waals surface area contributed by atoms with Crippen molar-refractivity contribution in [3.8, 4) is 11.4 Å². The number of H-pyrrole nitrogens is 1. The number of aromatic nitrogens is 3. The molecule has 114 valence electrons. The fraction of sp³-hybridized carbons (Fsp3) is 0.538. The van der Waals surface area contributed by atoms with E-state index in [9.17, 15) is 0 Å². The molecule has 0 unspecified atom stereocenters. The number of rotatable bonds is 4. The van der Waals surface area contributed by atoms with Gasteiger partial charge in [-0.05, 0) is 70.3 Å². The number of aromatic amines is 1. The van der Waals surface area contributed by atoms with Gasteiger partial charge in [0.2, 0.25) is 5.95 Å². The number of nitrogens with zero attached hydrogens (tertiary/aromatic N) is 3. The summed E-state index contributed by atoms with van der Waals surface area (Å²) in [5, 5.41) is 10.7. The molecular weight excluding hydrogens is 418 g/mol. The third-order valence-corrected chi connectivity index (χ3v) is 6.11. The van der Waals surface area contributed by atoms with Crippen LogP contribution in [0.5, 0.6) is 0 Å². The summed E-state index contributed by atoms with van der Waals surface area (Å²) in [6, 6.07) is 2.05. The number of hydrogen-bond acceptors (Lipinski definition) is 5. The fourth-order valence-electron chi connectivity index (χ4n) is 2.64. The zero-order valence-electron chi connectivity index (χ0n) is 11.7. The second-order valence-corrected chi connectivity index (χ2v) is 8.96. The summed E-state index contributed by atoms with van der Waals surface area (Å²) in [7, 11) is 2.02. The van der Waals surface area contributed by atoms with Crippen molar-refractivity contribution in [2.75, 3.05) is 31.6 Å². The lowest BCUT2D eigenvalue weighted by Gasteiger charge is -2.30. The van der Waals surface area contributed by atoms with E-state index < -0.39 is 0 Å². The van der Waals surface area contributed by atoms with Gasteiger partial charge < -0.3 is 10.2 Å². The number of anilines is 1. The van der Waals surface area contributed by atoms with Crippen LogP contribution < -0.4 is 10.2 Å². The lowest BCUT2D eigenvalue weighted by Crippen LogP contribution is -2.37. The largest absolute Gasteiger partial charge is 0.340 e. The van der Waals surface area contributed by atoms with Crippen molar-refractivity contribution < 1.29 is 0 Å². The van der Waals surface area contributed by atoms with Gasteiger partial charge in [-0.25, -0.2) is 0 Å². The first-order chi connectivity index (χ1) is 10.2. The van der Waals surface area contributed by atoms with Crippen LogP contribution in [0.15, 0.2) is 13.6 Å². The molecule has 1 aliphatic heterocycles. The predicted octanol–water partition coefficient (Wildman–Crippen LogP) is 3.49. The molecule has 2 N–H and O–H groups in total. The van der Waals surface area contributed by atoms with Crippen LogP contribution >= 0.6 is 43.2 Å². The normalized spacial score (nSPS) is 16.6. The Hall–Kier alpha value is -0.440. The molecule has 2 aromatic rings. The predicted molar refractivity (Wildman–Crippen MR) is 94.0 cm³/mol. The van der Waals surface area contributed by atoms with Crippen LogP contribution in [0.4, 0.5) is 5.95 Å². The van der Waals surface area contributed by atoms with Crippen LogP contribution in [0, 0.1) is 5.92 Å². The molecule has 3 heterocycles. The summed E-state index contributed by atoms with van der Waals surface area (Å²) in [5.74, 6) is 2.39. The van der Waals surface area contributed by atoms with E-state index in [-0.39, 0.29) is 0 Å². The molecule has 0 bridgehead atoms. The number of piperidine rings is 1. The third kappa shape index (κ3) is 3.49. The first-order valence-corrected chi connectivity index (χ1v) is 9.34. The maximum atomic E-state index is 4.65. The zero-order chi connectivity index (χ0) is 14.8. The van der Waals surface area contributed by atoms with Gasteiger partial charge in [-0.1, -0.05) is 0 Å². The molecule has 21 heavy (non-hydrogen) atoms. The van der Waals surface area contributed by atoms with Crippen LogP contribution in [-0.4, -0.2) is 41.9 Å². The molecule has 0 aromatic carbocycles. The van der Waals surface area contributed by atoms with Crippen LogP contribution in [0.2, 0.25) is 0 Å². The van der Waals surface area contributed by atoms with E-state index in [0.717, 1.165) is 50.5 Å². The van der Waals surface area contributed by atoms with Gasteiger partial charge in [0.1, 0.15) is 0 Å². The van der Waals surface area contributed by atoms with Crippen LogP contribution in [0.3, 0.4) is 0 Å². The Morgan fingerprint density at radius 1 is 1.43 bits per heavy atom. The molecule has 5 nitrogen and oxygen atoms in total. The van der Waals surface area contributed by atoms with E-state index in [0.29, 0.717) is 0 Å². The Morgan fingerprint density at radius 2 is 2.19 bits per heavy atom. The molecule has 0 radical (unpaired) electrons. The number of nitrogens with one attached hydrogen (secondary N) is 2. The van der Waals surface area contributed by atoms with Crippen molar-refractivity contribution in [1.82, 2.24) is 20.5 Å². The Bertz CT molecular complexity index is 603. The molecule has 0 saturated carbocycles. The first kappa shape index (κ1) is 15.5. The number of thiophene rings is 1. The molecule has 0 amide bonds. The van der Waals surface area contributed by atoms with E-state index in [1.807, 2.05) is 7.05 Å². The molecule has 1 saturated heterocycles. The highest BCUT2D eigenvalue weighted by Gasteiger charge is 2.22. The second kappa shape index (κ2) is 6.76. The van der Waals surface area contributed by atoms with Gasteiger partial charge >= 0.3 is 0 Å². The molecule has 3 rings (SSSR count). The number of hydrogen-bond donors (Lipinski definition) is 2. The fourth-order valence-corrected chi connectivity index (χ4v) is 5.45. The van der Waals surface area contributed by atoms with Crippen molar-refractivity contribution in [2.24, 2.45) is 5.92 Å². The zero-order valence-corrected chi connectivity index (χ0v) is 15.7. The average Bonchev–Trinajstić information content (AvgIpc) is 3.06. The van der Waals surface area contributed by atoms with E-state index in [2.05, 4.69) is 63.3 Å². The van der Waals surface area contributed by atoms with Gasteiger partial charge in [-0.3, -0.25) is 5.10 Å². The SMILES string of the molecule is CNCC1CCN(c2n[nH]c(-c3cc(Br)sc3Br)n2)CC1. The lowest BCUT2D eigenvalue weighted by atomic mass is 9.97. The van der Waals surface area contributed by atoms with Gasteiger partial charge in [0.25, 0.3) is 0 Å². The summed E-state index contributed by atoms with van der Waals surface area (Å²) in [6.45, 7) is 3.15. The van der Waals surface area contributed by atoms with E-state index in [1.165, 1.54) is 12.8 Å². The van der Waals surface area contributed by atoms with Gasteiger partial charge in [0, 0.05) is 18.7 Å². The van der Waals surface area contributed by atoms with Gasteiger partial charge in [-0.2, -0.15) is 4.98 Å². The van der Waals surface area contributed by atoms with Gasteiger partial charge in [-0.15, -0.1) is 16.4 Å². The quantitative estimate of drug-likeness (QED) is 0.773. The standard InChI is InChI=1S/C13H17Br2N5S/c1-16-7-8-2-4-20(5-3-8)13-17-12(18-19-13)9-6-10(14)21-11(9)15/h6,8,16H,2-5,7H2,1H3,(H,17,18,19). The Kier molecular flexibility index (Phi) is 4.98. The molecule has 1 fully saturated rings. The summed E-state index contributed by atoms with van der Waals surface area (Å²) in [4.78, 5) is 6.91. The highest BCUT2D eigenvalue weighted by atomic mass is 79.9. The van der Waals surface area contributed by atoms with Crippen LogP contribution in [-0.2, 0) is 0 Å². The van der Waals surface area contributed by atoms with Crippen molar-refractivity contribution in [2.45, 2.75) is 12.8 Å². The first-order valence-electron chi connectivity index (χ1n) is 6.94. The topological polar surface area (TPSA) is 56.8 Å². The average molecular weight is 435 g/mol. The van der Waals surface area contributed by atoms with Crippen molar-refractivity contribution in [3.63, 3.8) is 0 Å². The Labute approximate surface area is 144 Å². The Morgan fingerprint density at radius 3 is 2.81 bits per heavy atom. The van der Waals surface area contributed by atoms with Gasteiger partial charge in [0.15, 0.2) is 5.82 Å². The molecular formula is C13H17Br2N5S. The van der Waals surface area contributed by atoms with Crippen molar-refractivity contribution >= 4 is 49.1 Å². The maximum Gasteiger partial charge on any atom is 0.245 e. The molecule has 2 aromatic heterocycles. The number of halogens is 2. The van der Waals surface area contributed by atoms with Crippen LogP contribution in [0.25, 0.3) is 11.4 Å². The van der Waals surface area contributed by atoms with E-state index in [4.69, 9.17) is 0 Å². The summed E-state index contributed by atoms with van der Waals surface area (Å²) in [6.07, 6.45) is 2.39. The highest BCUT2D eigenvalue weighted by Crippen LogP contribution is 2.37. The monoisotopic (exact) mass is 433 g/mol. The highest BCUT2D eigenvalue weighted by molar-refractivity contribution is 9.12. The molecule has 1 aliphatic rings. The molecule has 0 spiro atoms. The maximum absolute atomic E-state index is 4.65. The third-order valence-electron chi connectivity index (χ3n) is 3.78. The second-order valence-electron chi connectivity index (χ2n) is 5.21. The minimum absolute atomic E-state index is 0.770. The molecule has 8 heteroatoms. The van der Waals surface area contributed by atoms with Crippen molar-refractivity contribution in [1.29, 1.82) is 0 Å². The molecule has 0 aliphatic carbocycles. The van der Waals surface area contributed by atoms with Gasteiger partial charge in [0.05, 0.1) is 7.57 Å². The van der Waals surface area contributed by atoms with Crippen molar-refractivity contribution in [3.05, 3.63) is 13.6 Å². The lowest BCUT2D eigenvalue weighted by molar-refractivity contribution is 0.391. The van der Waals surface area contributed by atoms with Crippen LogP contribution in [0.1, 0.15) is 12.8 Å². The smallest absolute Gasteiger partial charge is 0.245 e. The summed E-state index contributed by atoms with van der Waals surface area (Å²) < 4.78 is 2.14. The molecule has 0 atom stereocenters. The Balaban J connectivity index is 1.70. The van der Waals surface area contributed by atoms with E-state index >= 15 is 0 Å². The summed E-state index contributed by atoms with van der Waals surface area (Å²) >= 11 is 8.70.